The van der Waals surface area contributed by atoms with Crippen LogP contribution in [0.4, 0.5) is 28.8 Å². The van der Waals surface area contributed by atoms with Crippen LogP contribution in [0.25, 0.3) is 0 Å². The van der Waals surface area contributed by atoms with E-state index in [-0.39, 0.29) is 17.3 Å². The van der Waals surface area contributed by atoms with E-state index in [1.165, 1.54) is 6.33 Å². The molecular weight excluding hydrogens is 340 g/mol. The van der Waals surface area contributed by atoms with Crippen molar-refractivity contribution in [1.82, 2.24) is 15.1 Å². The highest BCUT2D eigenvalue weighted by atomic mass is 16.6. The van der Waals surface area contributed by atoms with Gasteiger partial charge in [-0.05, 0) is 38.1 Å². The summed E-state index contributed by atoms with van der Waals surface area (Å²) < 4.78 is 10.3. The third kappa shape index (κ3) is 3.86. The highest BCUT2D eigenvalue weighted by molar-refractivity contribution is 5.76. The van der Waals surface area contributed by atoms with Crippen LogP contribution in [-0.2, 0) is 0 Å². The molecule has 10 nitrogen and oxygen atoms in total. The minimum atomic E-state index is -0.563. The van der Waals surface area contributed by atoms with Crippen LogP contribution in [0.2, 0.25) is 0 Å². The van der Waals surface area contributed by atoms with Gasteiger partial charge in [0.2, 0.25) is 11.6 Å². The van der Waals surface area contributed by atoms with Crippen molar-refractivity contribution in [1.29, 1.82) is 0 Å². The molecule has 0 bridgehead atoms. The first kappa shape index (κ1) is 17.1. The normalized spacial score (nSPS) is 10.4. The van der Waals surface area contributed by atoms with Crippen molar-refractivity contribution in [3.63, 3.8) is 0 Å². The molecule has 0 unspecified atom stereocenters. The van der Waals surface area contributed by atoms with Gasteiger partial charge < -0.3 is 19.9 Å². The summed E-state index contributed by atoms with van der Waals surface area (Å²) in [6.45, 7) is 4.16. The van der Waals surface area contributed by atoms with Gasteiger partial charge in [0, 0.05) is 11.8 Å². The maximum absolute atomic E-state index is 11.5. The zero-order valence-electron chi connectivity index (χ0n) is 14.1. The third-order valence-corrected chi connectivity index (χ3v) is 3.31. The molecule has 10 heteroatoms. The summed E-state index contributed by atoms with van der Waals surface area (Å²) in [6, 6.07) is 8.60. The van der Waals surface area contributed by atoms with Crippen LogP contribution in [0.15, 0.2) is 41.2 Å². The number of rotatable bonds is 7. The minimum Gasteiger partial charge on any atom is -0.494 e. The predicted molar refractivity (Wildman–Crippen MR) is 94.1 cm³/mol. The number of nitrogens with one attached hydrogen (secondary N) is 2. The summed E-state index contributed by atoms with van der Waals surface area (Å²) in [5.41, 5.74) is 0.320. The van der Waals surface area contributed by atoms with E-state index >= 15 is 0 Å². The van der Waals surface area contributed by atoms with E-state index in [2.05, 4.69) is 25.8 Å². The van der Waals surface area contributed by atoms with Crippen LogP contribution in [0, 0.1) is 17.0 Å². The van der Waals surface area contributed by atoms with Gasteiger partial charge in [0.25, 0.3) is 0 Å². The zero-order valence-corrected chi connectivity index (χ0v) is 14.1. The van der Waals surface area contributed by atoms with Gasteiger partial charge in [-0.3, -0.25) is 10.1 Å². The monoisotopic (exact) mass is 356 g/mol. The Balaban J connectivity index is 1.88. The molecule has 0 spiro atoms. The van der Waals surface area contributed by atoms with Crippen LogP contribution >= 0.6 is 0 Å². The van der Waals surface area contributed by atoms with Crippen LogP contribution in [0.1, 0.15) is 12.7 Å². The lowest BCUT2D eigenvalue weighted by molar-refractivity contribution is -0.383. The lowest BCUT2D eigenvalue weighted by Gasteiger charge is -2.09. The van der Waals surface area contributed by atoms with Crippen molar-refractivity contribution in [3.05, 3.63) is 52.5 Å². The number of aryl methyl sites for hydroxylation is 1. The molecule has 0 radical (unpaired) electrons. The van der Waals surface area contributed by atoms with Gasteiger partial charge >= 0.3 is 5.69 Å². The summed E-state index contributed by atoms with van der Waals surface area (Å²) in [5.74, 6) is 1.65. The molecule has 2 heterocycles. The van der Waals surface area contributed by atoms with Crippen molar-refractivity contribution in [3.8, 4) is 5.75 Å². The molecule has 134 valence electrons. The van der Waals surface area contributed by atoms with E-state index in [9.17, 15) is 10.1 Å². The van der Waals surface area contributed by atoms with Gasteiger partial charge in [0.05, 0.1) is 11.5 Å². The minimum absolute atomic E-state index is 0.00624. The second-order valence-electron chi connectivity index (χ2n) is 5.21. The number of anilines is 4. The molecule has 1 aromatic carbocycles. The average molecular weight is 356 g/mol. The maximum atomic E-state index is 11.5. The van der Waals surface area contributed by atoms with Crippen molar-refractivity contribution >= 4 is 28.8 Å². The number of nitrogens with zero attached hydrogens (tertiary/aromatic N) is 4. The van der Waals surface area contributed by atoms with E-state index in [0.717, 1.165) is 0 Å². The molecule has 0 aliphatic rings. The first-order chi connectivity index (χ1) is 12.6. The Hall–Kier alpha value is -3.69. The topological polar surface area (TPSA) is 128 Å². The number of hydrogen-bond acceptors (Lipinski definition) is 9. The second kappa shape index (κ2) is 7.47. The van der Waals surface area contributed by atoms with Crippen LogP contribution < -0.4 is 15.4 Å². The van der Waals surface area contributed by atoms with Crippen molar-refractivity contribution in [2.75, 3.05) is 17.2 Å². The van der Waals surface area contributed by atoms with Gasteiger partial charge in [-0.1, -0.05) is 5.16 Å². The molecule has 0 amide bonds. The largest absolute Gasteiger partial charge is 0.494 e. The maximum Gasteiger partial charge on any atom is 0.353 e. The van der Waals surface area contributed by atoms with Gasteiger partial charge in [-0.2, -0.15) is 0 Å². The van der Waals surface area contributed by atoms with Crippen molar-refractivity contribution < 1.29 is 14.2 Å². The molecule has 2 N–H and O–H groups in total. The van der Waals surface area contributed by atoms with E-state index in [0.29, 0.717) is 29.6 Å². The third-order valence-electron chi connectivity index (χ3n) is 3.31. The van der Waals surface area contributed by atoms with E-state index in [1.807, 2.05) is 6.92 Å². The Morgan fingerprint density at radius 3 is 2.46 bits per heavy atom. The van der Waals surface area contributed by atoms with Gasteiger partial charge in [-0.15, -0.1) is 0 Å². The summed E-state index contributed by atoms with van der Waals surface area (Å²) in [6.07, 6.45) is 1.22. The molecule has 26 heavy (non-hydrogen) atoms. The summed E-state index contributed by atoms with van der Waals surface area (Å²) in [5, 5.41) is 21.0. The van der Waals surface area contributed by atoms with E-state index < -0.39 is 4.92 Å². The smallest absolute Gasteiger partial charge is 0.353 e. The summed E-state index contributed by atoms with van der Waals surface area (Å²) in [7, 11) is 0. The molecule has 0 aliphatic heterocycles. The van der Waals surface area contributed by atoms with Crippen LogP contribution in [-0.4, -0.2) is 26.7 Å². The van der Waals surface area contributed by atoms with Crippen LogP contribution in [0.3, 0.4) is 0 Å². The zero-order chi connectivity index (χ0) is 18.5. The Morgan fingerprint density at radius 1 is 1.19 bits per heavy atom. The average Bonchev–Trinajstić information content (AvgIpc) is 3.02. The van der Waals surface area contributed by atoms with Crippen molar-refractivity contribution in [2.24, 2.45) is 0 Å². The fourth-order valence-electron chi connectivity index (χ4n) is 2.22. The fourth-order valence-corrected chi connectivity index (χ4v) is 2.22. The first-order valence-electron chi connectivity index (χ1n) is 7.76. The molecule has 0 saturated heterocycles. The fraction of sp³-hybridized carbons (Fsp3) is 0.188. The highest BCUT2D eigenvalue weighted by Gasteiger charge is 2.24. The summed E-state index contributed by atoms with van der Waals surface area (Å²) in [4.78, 5) is 18.9. The van der Waals surface area contributed by atoms with Crippen LogP contribution in [0.5, 0.6) is 5.75 Å². The second-order valence-corrected chi connectivity index (χ2v) is 5.21. The Labute approximate surface area is 148 Å². The van der Waals surface area contributed by atoms with Crippen molar-refractivity contribution in [2.45, 2.75) is 13.8 Å². The number of aromatic nitrogens is 3. The number of ether oxygens (including phenoxy) is 1. The Bertz CT molecular complexity index is 909. The van der Waals surface area contributed by atoms with E-state index in [4.69, 9.17) is 9.26 Å². The first-order valence-corrected chi connectivity index (χ1v) is 7.76. The Kier molecular flexibility index (Phi) is 4.92. The number of nitro groups is 1. The lowest BCUT2D eigenvalue weighted by atomic mass is 10.3. The molecule has 3 aromatic rings. The molecule has 0 aliphatic carbocycles. The predicted octanol–water partition coefficient (Wildman–Crippen LogP) is 3.57. The number of benzene rings is 1. The molecular formula is C16H16N6O4. The highest BCUT2D eigenvalue weighted by Crippen LogP contribution is 2.33. The molecule has 3 rings (SSSR count). The van der Waals surface area contributed by atoms with Gasteiger partial charge in [-0.25, -0.2) is 9.97 Å². The van der Waals surface area contributed by atoms with E-state index in [1.54, 1.807) is 37.3 Å². The Morgan fingerprint density at radius 2 is 1.88 bits per heavy atom. The molecule has 2 aromatic heterocycles. The SMILES string of the molecule is CCOc1ccc(Nc2ncnc(Nc3cc(C)on3)c2[N+](=O)[O-])cc1. The van der Waals surface area contributed by atoms with Gasteiger partial charge in [0.15, 0.2) is 5.82 Å². The standard InChI is InChI=1S/C16H16N6O4/c1-3-25-12-6-4-11(5-7-12)19-15-14(22(23)24)16(18-9-17-15)20-13-8-10(2)26-21-13/h4-9H,3H2,1-2H3,(H2,17,18,19,20,21). The quantitative estimate of drug-likeness (QED) is 0.482. The molecule has 0 saturated carbocycles. The molecule has 0 atom stereocenters. The number of hydrogen-bond donors (Lipinski definition) is 2. The lowest BCUT2D eigenvalue weighted by Crippen LogP contribution is -2.05. The molecule has 0 fully saturated rings. The summed E-state index contributed by atoms with van der Waals surface area (Å²) >= 11 is 0. The van der Waals surface area contributed by atoms with Gasteiger partial charge in [0.1, 0.15) is 17.8 Å².